The summed E-state index contributed by atoms with van der Waals surface area (Å²) < 4.78 is 0. The molecule has 4 nitrogen and oxygen atoms in total. The van der Waals surface area contributed by atoms with Crippen LogP contribution in [0.15, 0.2) is 24.3 Å². The summed E-state index contributed by atoms with van der Waals surface area (Å²) in [4.78, 5) is 19.8. The standard InChI is InChI=1S/C21H33N3O/c1-16(2)13-24(19-8-10-22(4)11-9-19)20-14-23(15-20)21(25)18-7-5-6-17(3)12-18/h5-7,12,16,19-20H,8-11,13-15H2,1-4H3. The lowest BCUT2D eigenvalue weighted by Gasteiger charge is -2.50. The molecule has 4 heteroatoms. The predicted octanol–water partition coefficient (Wildman–Crippen LogP) is 2.87. The number of hydrogen-bond acceptors (Lipinski definition) is 3. The van der Waals surface area contributed by atoms with E-state index in [0.717, 1.165) is 30.8 Å². The van der Waals surface area contributed by atoms with Gasteiger partial charge in [-0.2, -0.15) is 0 Å². The molecule has 0 N–H and O–H groups in total. The molecule has 1 aromatic rings. The number of carbonyl (C=O) groups is 1. The zero-order valence-electron chi connectivity index (χ0n) is 16.2. The normalized spacial score (nSPS) is 20.3. The molecule has 0 aromatic heterocycles. The Labute approximate surface area is 152 Å². The molecule has 2 fully saturated rings. The van der Waals surface area contributed by atoms with E-state index in [9.17, 15) is 4.79 Å². The largest absolute Gasteiger partial charge is 0.335 e. The maximum Gasteiger partial charge on any atom is 0.253 e. The number of piperidine rings is 1. The Balaban J connectivity index is 1.60. The van der Waals surface area contributed by atoms with E-state index in [1.165, 1.54) is 25.9 Å². The van der Waals surface area contributed by atoms with E-state index in [1.54, 1.807) is 0 Å². The molecule has 25 heavy (non-hydrogen) atoms. The van der Waals surface area contributed by atoms with Crippen LogP contribution in [-0.2, 0) is 0 Å². The van der Waals surface area contributed by atoms with Crippen LogP contribution in [0.5, 0.6) is 0 Å². The molecule has 2 aliphatic heterocycles. The van der Waals surface area contributed by atoms with Crippen molar-refractivity contribution >= 4 is 5.91 Å². The van der Waals surface area contributed by atoms with Crippen molar-refractivity contribution in [2.24, 2.45) is 5.92 Å². The van der Waals surface area contributed by atoms with Crippen molar-refractivity contribution in [1.29, 1.82) is 0 Å². The van der Waals surface area contributed by atoms with Gasteiger partial charge in [-0.1, -0.05) is 31.5 Å². The van der Waals surface area contributed by atoms with Crippen molar-refractivity contribution in [2.75, 3.05) is 39.8 Å². The molecule has 0 atom stereocenters. The van der Waals surface area contributed by atoms with Crippen LogP contribution in [0.3, 0.4) is 0 Å². The molecule has 138 valence electrons. The first-order valence-electron chi connectivity index (χ1n) is 9.74. The van der Waals surface area contributed by atoms with Gasteiger partial charge in [-0.3, -0.25) is 9.69 Å². The first-order chi connectivity index (χ1) is 11.9. The monoisotopic (exact) mass is 343 g/mol. The van der Waals surface area contributed by atoms with Gasteiger partial charge in [0.2, 0.25) is 0 Å². The fourth-order valence-electron chi connectivity index (χ4n) is 4.14. The first-order valence-corrected chi connectivity index (χ1v) is 9.74. The zero-order chi connectivity index (χ0) is 18.0. The summed E-state index contributed by atoms with van der Waals surface area (Å²) in [6, 6.07) is 9.16. The van der Waals surface area contributed by atoms with Gasteiger partial charge in [0.1, 0.15) is 0 Å². The van der Waals surface area contributed by atoms with Crippen LogP contribution in [0, 0.1) is 12.8 Å². The van der Waals surface area contributed by atoms with E-state index < -0.39 is 0 Å². The van der Waals surface area contributed by atoms with Crippen LogP contribution in [0.2, 0.25) is 0 Å². The lowest BCUT2D eigenvalue weighted by atomic mass is 9.96. The second-order valence-corrected chi connectivity index (χ2v) is 8.36. The molecule has 1 amide bonds. The molecule has 0 bridgehead atoms. The Bertz CT molecular complexity index is 587. The van der Waals surface area contributed by atoms with Crippen molar-refractivity contribution in [3.8, 4) is 0 Å². The number of aryl methyl sites for hydroxylation is 1. The Kier molecular flexibility index (Phi) is 5.80. The van der Waals surface area contributed by atoms with Gasteiger partial charge in [0.15, 0.2) is 0 Å². The van der Waals surface area contributed by atoms with Crippen LogP contribution < -0.4 is 0 Å². The van der Waals surface area contributed by atoms with Crippen molar-refractivity contribution in [1.82, 2.24) is 14.7 Å². The van der Waals surface area contributed by atoms with Crippen LogP contribution in [0.4, 0.5) is 0 Å². The van der Waals surface area contributed by atoms with Gasteiger partial charge in [0.05, 0.1) is 0 Å². The molecular weight excluding hydrogens is 310 g/mol. The highest BCUT2D eigenvalue weighted by Crippen LogP contribution is 2.25. The Morgan fingerprint density at radius 1 is 1.20 bits per heavy atom. The summed E-state index contributed by atoms with van der Waals surface area (Å²) in [6.07, 6.45) is 2.51. The van der Waals surface area contributed by atoms with E-state index in [4.69, 9.17) is 0 Å². The molecule has 0 aliphatic carbocycles. The molecule has 0 spiro atoms. The van der Waals surface area contributed by atoms with Crippen LogP contribution in [-0.4, -0.2) is 72.5 Å². The molecule has 2 heterocycles. The molecule has 2 saturated heterocycles. The minimum Gasteiger partial charge on any atom is -0.335 e. The molecule has 3 rings (SSSR count). The number of hydrogen-bond donors (Lipinski definition) is 0. The predicted molar refractivity (Wildman–Crippen MR) is 103 cm³/mol. The Hall–Kier alpha value is -1.39. The zero-order valence-corrected chi connectivity index (χ0v) is 16.2. The highest BCUT2D eigenvalue weighted by Gasteiger charge is 2.38. The average Bonchev–Trinajstić information content (AvgIpc) is 2.53. The summed E-state index contributed by atoms with van der Waals surface area (Å²) in [7, 11) is 2.22. The number of benzene rings is 1. The SMILES string of the molecule is Cc1cccc(C(=O)N2CC(N(CC(C)C)C3CCN(C)CC3)C2)c1. The van der Waals surface area contributed by atoms with Crippen molar-refractivity contribution in [3.63, 3.8) is 0 Å². The minimum absolute atomic E-state index is 0.188. The van der Waals surface area contributed by atoms with Crippen molar-refractivity contribution in [3.05, 3.63) is 35.4 Å². The second-order valence-electron chi connectivity index (χ2n) is 8.36. The van der Waals surface area contributed by atoms with E-state index in [2.05, 4.69) is 30.7 Å². The first kappa shape index (κ1) is 18.4. The van der Waals surface area contributed by atoms with Gasteiger partial charge in [-0.25, -0.2) is 0 Å². The van der Waals surface area contributed by atoms with Crippen molar-refractivity contribution < 1.29 is 4.79 Å². The summed E-state index contributed by atoms with van der Waals surface area (Å²) in [5.74, 6) is 0.856. The van der Waals surface area contributed by atoms with Crippen LogP contribution in [0.25, 0.3) is 0 Å². The molecular formula is C21H33N3O. The molecule has 2 aliphatic rings. The number of amides is 1. The second kappa shape index (κ2) is 7.88. The summed E-state index contributed by atoms with van der Waals surface area (Å²) in [5, 5.41) is 0. The minimum atomic E-state index is 0.188. The highest BCUT2D eigenvalue weighted by atomic mass is 16.2. The topological polar surface area (TPSA) is 26.8 Å². The van der Waals surface area contributed by atoms with Gasteiger partial charge in [-0.15, -0.1) is 0 Å². The smallest absolute Gasteiger partial charge is 0.253 e. The molecule has 0 radical (unpaired) electrons. The van der Waals surface area contributed by atoms with E-state index in [1.807, 2.05) is 36.1 Å². The number of carbonyl (C=O) groups excluding carboxylic acids is 1. The van der Waals surface area contributed by atoms with E-state index in [-0.39, 0.29) is 5.91 Å². The van der Waals surface area contributed by atoms with Gasteiger partial charge < -0.3 is 9.80 Å². The Morgan fingerprint density at radius 2 is 1.88 bits per heavy atom. The van der Waals surface area contributed by atoms with Crippen molar-refractivity contribution in [2.45, 2.75) is 45.7 Å². The Morgan fingerprint density at radius 3 is 2.48 bits per heavy atom. The molecule has 1 aromatic carbocycles. The van der Waals surface area contributed by atoms with E-state index in [0.29, 0.717) is 18.0 Å². The maximum atomic E-state index is 12.7. The third-order valence-electron chi connectivity index (χ3n) is 5.62. The number of rotatable bonds is 5. The van der Waals surface area contributed by atoms with Crippen LogP contribution in [0.1, 0.15) is 42.6 Å². The van der Waals surface area contributed by atoms with Crippen LogP contribution >= 0.6 is 0 Å². The lowest BCUT2D eigenvalue weighted by molar-refractivity contribution is -0.00800. The third-order valence-corrected chi connectivity index (χ3v) is 5.62. The maximum absolute atomic E-state index is 12.7. The van der Waals surface area contributed by atoms with Gasteiger partial charge in [0, 0.05) is 37.3 Å². The fraction of sp³-hybridized carbons (Fsp3) is 0.667. The molecule has 0 saturated carbocycles. The summed E-state index contributed by atoms with van der Waals surface area (Å²) in [5.41, 5.74) is 1.98. The summed E-state index contributed by atoms with van der Waals surface area (Å²) in [6.45, 7) is 11.9. The van der Waals surface area contributed by atoms with E-state index >= 15 is 0 Å². The highest BCUT2D eigenvalue weighted by molar-refractivity contribution is 5.95. The van der Waals surface area contributed by atoms with Gasteiger partial charge >= 0.3 is 0 Å². The molecule has 0 unspecified atom stereocenters. The average molecular weight is 344 g/mol. The summed E-state index contributed by atoms with van der Waals surface area (Å²) >= 11 is 0. The number of likely N-dealkylation sites (tertiary alicyclic amines) is 2. The quantitative estimate of drug-likeness (QED) is 0.822. The fourth-order valence-corrected chi connectivity index (χ4v) is 4.14. The van der Waals surface area contributed by atoms with Gasteiger partial charge in [0.25, 0.3) is 5.91 Å². The lowest BCUT2D eigenvalue weighted by Crippen LogP contribution is -2.64. The van der Waals surface area contributed by atoms with Gasteiger partial charge in [-0.05, 0) is 58.0 Å². The third kappa shape index (κ3) is 4.42. The number of nitrogens with zero attached hydrogens (tertiary/aromatic N) is 3.